The van der Waals surface area contributed by atoms with Crippen LogP contribution in [0.3, 0.4) is 0 Å². The SMILES string of the molecule is CC(C)C(CBr)NC(=O)c1ccc(N(C)C)cc1. The molecule has 0 saturated heterocycles. The molecule has 0 saturated carbocycles. The molecule has 0 aliphatic carbocycles. The van der Waals surface area contributed by atoms with Crippen LogP contribution in [-0.2, 0) is 0 Å². The highest BCUT2D eigenvalue weighted by Gasteiger charge is 2.15. The summed E-state index contributed by atoms with van der Waals surface area (Å²) < 4.78 is 0. The van der Waals surface area contributed by atoms with Crippen molar-refractivity contribution in [3.8, 4) is 0 Å². The molecule has 0 aliphatic rings. The van der Waals surface area contributed by atoms with Crippen LogP contribution in [0.1, 0.15) is 24.2 Å². The molecule has 0 spiro atoms. The summed E-state index contributed by atoms with van der Waals surface area (Å²) in [5.74, 6) is 0.396. The summed E-state index contributed by atoms with van der Waals surface area (Å²) in [6, 6.07) is 7.78. The molecule has 18 heavy (non-hydrogen) atoms. The molecule has 1 unspecified atom stereocenters. The van der Waals surface area contributed by atoms with Crippen molar-refractivity contribution in [2.24, 2.45) is 5.92 Å². The molecular weight excluding hydrogens is 292 g/mol. The summed E-state index contributed by atoms with van der Waals surface area (Å²) >= 11 is 3.43. The van der Waals surface area contributed by atoms with Gasteiger partial charge < -0.3 is 10.2 Å². The number of halogens is 1. The molecule has 1 rings (SSSR count). The van der Waals surface area contributed by atoms with Gasteiger partial charge in [-0.15, -0.1) is 0 Å². The maximum Gasteiger partial charge on any atom is 0.251 e. The third-order valence-electron chi connectivity index (χ3n) is 2.93. The summed E-state index contributed by atoms with van der Waals surface area (Å²) in [6.45, 7) is 4.20. The highest BCUT2D eigenvalue weighted by Crippen LogP contribution is 2.13. The third-order valence-corrected chi connectivity index (χ3v) is 3.63. The van der Waals surface area contributed by atoms with Crippen molar-refractivity contribution in [3.05, 3.63) is 29.8 Å². The number of hydrogen-bond donors (Lipinski definition) is 1. The monoisotopic (exact) mass is 312 g/mol. The lowest BCUT2D eigenvalue weighted by atomic mass is 10.1. The molecule has 3 nitrogen and oxygen atoms in total. The fourth-order valence-electron chi connectivity index (χ4n) is 1.55. The fraction of sp³-hybridized carbons (Fsp3) is 0.500. The predicted molar refractivity (Wildman–Crippen MR) is 80.7 cm³/mol. The van der Waals surface area contributed by atoms with Gasteiger partial charge in [0.15, 0.2) is 0 Å². The van der Waals surface area contributed by atoms with Crippen molar-refractivity contribution >= 4 is 27.5 Å². The van der Waals surface area contributed by atoms with E-state index in [1.54, 1.807) is 0 Å². The van der Waals surface area contributed by atoms with Crippen LogP contribution >= 0.6 is 15.9 Å². The van der Waals surface area contributed by atoms with Crippen LogP contribution in [0, 0.1) is 5.92 Å². The Bertz CT molecular complexity index is 387. The Labute approximate surface area is 118 Å². The highest BCUT2D eigenvalue weighted by atomic mass is 79.9. The van der Waals surface area contributed by atoms with E-state index in [1.807, 2.05) is 43.3 Å². The zero-order valence-electron chi connectivity index (χ0n) is 11.4. The van der Waals surface area contributed by atoms with E-state index >= 15 is 0 Å². The Morgan fingerprint density at radius 2 is 1.83 bits per heavy atom. The van der Waals surface area contributed by atoms with E-state index in [-0.39, 0.29) is 11.9 Å². The number of benzene rings is 1. The van der Waals surface area contributed by atoms with Crippen LogP contribution in [0.4, 0.5) is 5.69 Å². The van der Waals surface area contributed by atoms with Crippen LogP contribution in [-0.4, -0.2) is 31.4 Å². The first-order chi connectivity index (χ1) is 8.45. The van der Waals surface area contributed by atoms with Crippen molar-refractivity contribution < 1.29 is 4.79 Å². The van der Waals surface area contributed by atoms with Gasteiger partial charge in [0.25, 0.3) is 5.91 Å². The van der Waals surface area contributed by atoms with E-state index in [0.29, 0.717) is 11.5 Å². The molecule has 0 radical (unpaired) electrons. The lowest BCUT2D eigenvalue weighted by molar-refractivity contribution is 0.0932. The van der Waals surface area contributed by atoms with Gasteiger partial charge >= 0.3 is 0 Å². The number of carbonyl (C=O) groups excluding carboxylic acids is 1. The molecule has 1 amide bonds. The van der Waals surface area contributed by atoms with E-state index in [9.17, 15) is 4.79 Å². The van der Waals surface area contributed by atoms with Crippen molar-refractivity contribution in [1.82, 2.24) is 5.32 Å². The van der Waals surface area contributed by atoms with Crippen LogP contribution < -0.4 is 10.2 Å². The molecule has 1 atom stereocenters. The van der Waals surface area contributed by atoms with Gasteiger partial charge in [-0.3, -0.25) is 4.79 Å². The van der Waals surface area contributed by atoms with E-state index in [2.05, 4.69) is 35.1 Å². The largest absolute Gasteiger partial charge is 0.378 e. The molecule has 0 aliphatic heterocycles. The number of rotatable bonds is 5. The summed E-state index contributed by atoms with van der Waals surface area (Å²) in [5.41, 5.74) is 1.79. The molecule has 0 bridgehead atoms. The molecule has 0 fully saturated rings. The average molecular weight is 313 g/mol. The minimum atomic E-state index is -0.0153. The van der Waals surface area contributed by atoms with Crippen molar-refractivity contribution in [2.45, 2.75) is 19.9 Å². The smallest absolute Gasteiger partial charge is 0.251 e. The number of amides is 1. The van der Waals surface area contributed by atoms with Gasteiger partial charge in [0.2, 0.25) is 0 Å². The predicted octanol–water partition coefficient (Wildman–Crippen LogP) is 2.90. The second kappa shape index (κ2) is 6.78. The number of nitrogens with one attached hydrogen (secondary N) is 1. The van der Waals surface area contributed by atoms with Gasteiger partial charge in [-0.05, 0) is 30.2 Å². The topological polar surface area (TPSA) is 32.3 Å². The maximum atomic E-state index is 12.1. The van der Waals surface area contributed by atoms with E-state index in [0.717, 1.165) is 11.0 Å². The van der Waals surface area contributed by atoms with Crippen LogP contribution in [0.15, 0.2) is 24.3 Å². The Balaban J connectivity index is 2.72. The second-order valence-electron chi connectivity index (χ2n) is 4.92. The molecule has 100 valence electrons. The molecule has 1 aromatic carbocycles. The first kappa shape index (κ1) is 15.0. The minimum absolute atomic E-state index is 0.0153. The first-order valence-electron chi connectivity index (χ1n) is 6.10. The molecule has 0 heterocycles. The Kier molecular flexibility index (Phi) is 5.66. The van der Waals surface area contributed by atoms with Gasteiger partial charge in [-0.1, -0.05) is 29.8 Å². The molecular formula is C14H21BrN2O. The van der Waals surface area contributed by atoms with E-state index < -0.39 is 0 Å². The molecule has 0 aromatic heterocycles. The maximum absolute atomic E-state index is 12.1. The zero-order valence-corrected chi connectivity index (χ0v) is 13.0. The summed E-state index contributed by atoms with van der Waals surface area (Å²) in [7, 11) is 3.96. The van der Waals surface area contributed by atoms with Gasteiger partial charge in [0, 0.05) is 36.7 Å². The summed E-state index contributed by atoms with van der Waals surface area (Å²) in [5, 5.41) is 3.80. The highest BCUT2D eigenvalue weighted by molar-refractivity contribution is 9.09. The standard InChI is InChI=1S/C14H21BrN2O/c1-10(2)13(9-15)16-14(18)11-5-7-12(8-6-11)17(3)4/h5-8,10,13H,9H2,1-4H3,(H,16,18). The lowest BCUT2D eigenvalue weighted by Gasteiger charge is -2.20. The number of anilines is 1. The number of carbonyl (C=O) groups is 1. The lowest BCUT2D eigenvalue weighted by Crippen LogP contribution is -2.39. The minimum Gasteiger partial charge on any atom is -0.378 e. The second-order valence-corrected chi connectivity index (χ2v) is 5.57. The third kappa shape index (κ3) is 4.02. The average Bonchev–Trinajstić information content (AvgIpc) is 2.35. The summed E-state index contributed by atoms with van der Waals surface area (Å²) in [6.07, 6.45) is 0. The van der Waals surface area contributed by atoms with Crippen molar-refractivity contribution in [2.75, 3.05) is 24.3 Å². The van der Waals surface area contributed by atoms with Crippen LogP contribution in [0.5, 0.6) is 0 Å². The molecule has 1 N–H and O–H groups in total. The fourth-order valence-corrected chi connectivity index (χ4v) is 2.46. The molecule has 1 aromatic rings. The van der Waals surface area contributed by atoms with Crippen LogP contribution in [0.25, 0.3) is 0 Å². The number of alkyl halides is 1. The Morgan fingerprint density at radius 1 is 1.28 bits per heavy atom. The van der Waals surface area contributed by atoms with Crippen LogP contribution in [0.2, 0.25) is 0 Å². The van der Waals surface area contributed by atoms with Gasteiger partial charge in [0.05, 0.1) is 0 Å². The van der Waals surface area contributed by atoms with Gasteiger partial charge in [0.1, 0.15) is 0 Å². The van der Waals surface area contributed by atoms with Gasteiger partial charge in [-0.2, -0.15) is 0 Å². The quantitative estimate of drug-likeness (QED) is 0.848. The number of hydrogen-bond acceptors (Lipinski definition) is 2. The van der Waals surface area contributed by atoms with E-state index in [4.69, 9.17) is 0 Å². The van der Waals surface area contributed by atoms with Crippen molar-refractivity contribution in [1.29, 1.82) is 0 Å². The first-order valence-corrected chi connectivity index (χ1v) is 7.22. The summed E-state index contributed by atoms with van der Waals surface area (Å²) in [4.78, 5) is 14.1. The number of nitrogens with zero attached hydrogens (tertiary/aromatic N) is 1. The van der Waals surface area contributed by atoms with Gasteiger partial charge in [-0.25, -0.2) is 0 Å². The molecule has 4 heteroatoms. The van der Waals surface area contributed by atoms with E-state index in [1.165, 1.54) is 0 Å². The Morgan fingerprint density at radius 3 is 2.22 bits per heavy atom. The zero-order chi connectivity index (χ0) is 13.7. The normalized spacial score (nSPS) is 12.3. The van der Waals surface area contributed by atoms with Crippen molar-refractivity contribution in [3.63, 3.8) is 0 Å². The Hall–Kier alpha value is -1.03.